The first-order valence-corrected chi connectivity index (χ1v) is 8.53. The molecular weight excluding hydrogens is 276 g/mol. The molecule has 1 saturated carbocycles. The van der Waals surface area contributed by atoms with Crippen molar-refractivity contribution in [1.82, 2.24) is 0 Å². The molecule has 2 aromatic rings. The van der Waals surface area contributed by atoms with Crippen molar-refractivity contribution in [3.63, 3.8) is 0 Å². The van der Waals surface area contributed by atoms with Crippen LogP contribution in [0.5, 0.6) is 0 Å². The van der Waals surface area contributed by atoms with Crippen LogP contribution in [0, 0.1) is 5.92 Å². The van der Waals surface area contributed by atoms with Gasteiger partial charge in [0.05, 0.1) is 0 Å². The first-order chi connectivity index (χ1) is 10.2. The van der Waals surface area contributed by atoms with E-state index in [2.05, 4.69) is 30.3 Å². The number of hydrogen-bond donors (Lipinski definition) is 0. The summed E-state index contributed by atoms with van der Waals surface area (Å²) in [5.41, 5.74) is 5.44. The van der Waals surface area contributed by atoms with Crippen molar-refractivity contribution in [2.75, 3.05) is 0 Å². The van der Waals surface area contributed by atoms with E-state index in [1.165, 1.54) is 49.3 Å². The molecule has 2 aromatic carbocycles. The van der Waals surface area contributed by atoms with Crippen molar-refractivity contribution in [2.24, 2.45) is 5.92 Å². The van der Waals surface area contributed by atoms with Crippen LogP contribution in [0.2, 0.25) is 5.02 Å². The van der Waals surface area contributed by atoms with Crippen LogP contribution in [0.3, 0.4) is 0 Å². The Balaban J connectivity index is 1.75. The fourth-order valence-electron chi connectivity index (χ4n) is 5.23. The fraction of sp³-hybridized carbons (Fsp3) is 0.400. The highest BCUT2D eigenvalue weighted by Crippen LogP contribution is 2.59. The molecule has 0 nitrogen and oxygen atoms in total. The fourth-order valence-corrected chi connectivity index (χ4v) is 5.41. The van der Waals surface area contributed by atoms with Gasteiger partial charge in [0.15, 0.2) is 0 Å². The molecular formula is C20H19Cl. The largest absolute Gasteiger partial charge is 0.0850 e. The summed E-state index contributed by atoms with van der Waals surface area (Å²) in [4.78, 5) is 0. The third kappa shape index (κ3) is 1.63. The Hall–Kier alpha value is -1.27. The van der Waals surface area contributed by atoms with E-state index in [4.69, 9.17) is 11.6 Å². The smallest absolute Gasteiger partial charge is 0.0412 e. The average Bonchev–Trinajstić information content (AvgIpc) is 3.07. The Bertz CT molecular complexity index is 786. The van der Waals surface area contributed by atoms with Gasteiger partial charge in [0.25, 0.3) is 0 Å². The Morgan fingerprint density at radius 3 is 2.86 bits per heavy atom. The highest BCUT2D eigenvalue weighted by molar-refractivity contribution is 6.31. The molecule has 1 fully saturated rings. The summed E-state index contributed by atoms with van der Waals surface area (Å²) in [5.74, 6) is 0.872. The van der Waals surface area contributed by atoms with Gasteiger partial charge in [0.2, 0.25) is 0 Å². The molecule has 21 heavy (non-hydrogen) atoms. The lowest BCUT2D eigenvalue weighted by Crippen LogP contribution is -2.35. The van der Waals surface area contributed by atoms with Gasteiger partial charge in [-0.15, -0.1) is 0 Å². The number of halogens is 1. The standard InChI is InChI=1S/C20H19Cl/c21-18-6-4-14-11-19-15(9-16(14)10-18)2-1-7-20(19)12-13-3-5-17(20)8-13/h3-4,6,9-11,17H,1-2,5,7-8,12H2. The molecule has 1 heteroatoms. The quantitative estimate of drug-likeness (QED) is 0.538. The molecule has 0 heterocycles. The first kappa shape index (κ1) is 12.3. The summed E-state index contributed by atoms with van der Waals surface area (Å²) in [5, 5.41) is 3.51. The molecule has 106 valence electrons. The molecule has 3 aliphatic rings. The molecule has 5 rings (SSSR count). The van der Waals surface area contributed by atoms with Gasteiger partial charge in [-0.3, -0.25) is 0 Å². The number of fused-ring (bicyclic) bond motifs is 6. The SMILES string of the molecule is Clc1ccc2cc3c(cc2c1)CCCC31CC2=CCC1C2. The molecule has 2 atom stereocenters. The van der Waals surface area contributed by atoms with E-state index >= 15 is 0 Å². The lowest BCUT2D eigenvalue weighted by Gasteiger charge is -2.41. The minimum atomic E-state index is 0.464. The molecule has 3 aliphatic carbocycles. The number of benzene rings is 2. The van der Waals surface area contributed by atoms with Gasteiger partial charge in [0.1, 0.15) is 0 Å². The van der Waals surface area contributed by atoms with Gasteiger partial charge in [-0.1, -0.05) is 41.4 Å². The van der Waals surface area contributed by atoms with Crippen molar-refractivity contribution < 1.29 is 0 Å². The van der Waals surface area contributed by atoms with Crippen molar-refractivity contribution in [3.8, 4) is 0 Å². The number of rotatable bonds is 0. The average molecular weight is 295 g/mol. The van der Waals surface area contributed by atoms with Crippen LogP contribution in [0.4, 0.5) is 0 Å². The van der Waals surface area contributed by atoms with Crippen LogP contribution >= 0.6 is 11.6 Å². The van der Waals surface area contributed by atoms with Crippen LogP contribution in [-0.4, -0.2) is 0 Å². The molecule has 2 unspecified atom stereocenters. The predicted octanol–water partition coefficient (Wildman–Crippen LogP) is 5.81. The van der Waals surface area contributed by atoms with Gasteiger partial charge < -0.3 is 0 Å². The zero-order chi connectivity index (χ0) is 14.0. The summed E-state index contributed by atoms with van der Waals surface area (Å²) in [7, 11) is 0. The maximum atomic E-state index is 6.17. The van der Waals surface area contributed by atoms with Crippen LogP contribution in [0.15, 0.2) is 42.0 Å². The molecule has 0 radical (unpaired) electrons. The van der Waals surface area contributed by atoms with E-state index in [0.717, 1.165) is 10.9 Å². The minimum absolute atomic E-state index is 0.464. The van der Waals surface area contributed by atoms with Crippen LogP contribution in [0.1, 0.15) is 43.2 Å². The van der Waals surface area contributed by atoms with E-state index < -0.39 is 0 Å². The summed E-state index contributed by atoms with van der Waals surface area (Å²) in [6, 6.07) is 11.2. The van der Waals surface area contributed by atoms with Crippen LogP contribution in [-0.2, 0) is 11.8 Å². The van der Waals surface area contributed by atoms with Crippen molar-refractivity contribution >= 4 is 22.4 Å². The lowest BCUT2D eigenvalue weighted by atomic mass is 9.62. The lowest BCUT2D eigenvalue weighted by molar-refractivity contribution is 0.270. The Morgan fingerprint density at radius 1 is 1.10 bits per heavy atom. The summed E-state index contributed by atoms with van der Waals surface area (Å²) in [6.07, 6.45) is 10.5. The summed E-state index contributed by atoms with van der Waals surface area (Å²) >= 11 is 6.17. The summed E-state index contributed by atoms with van der Waals surface area (Å²) < 4.78 is 0. The van der Waals surface area contributed by atoms with E-state index in [1.54, 1.807) is 16.7 Å². The Kier molecular flexibility index (Phi) is 2.42. The van der Waals surface area contributed by atoms with E-state index in [-0.39, 0.29) is 0 Å². The molecule has 2 bridgehead atoms. The Labute approximate surface area is 130 Å². The number of allylic oxidation sites excluding steroid dienone is 2. The van der Waals surface area contributed by atoms with Crippen molar-refractivity contribution in [3.05, 3.63) is 58.1 Å². The Morgan fingerprint density at radius 2 is 2.05 bits per heavy atom. The van der Waals surface area contributed by atoms with Gasteiger partial charge in [-0.2, -0.15) is 0 Å². The van der Waals surface area contributed by atoms with Gasteiger partial charge >= 0.3 is 0 Å². The normalized spacial score (nSPS) is 30.0. The third-order valence-corrected chi connectivity index (χ3v) is 6.39. The molecule has 0 saturated heterocycles. The zero-order valence-electron chi connectivity index (χ0n) is 12.2. The minimum Gasteiger partial charge on any atom is -0.0850 e. The van der Waals surface area contributed by atoms with E-state index in [1.807, 2.05) is 6.07 Å². The predicted molar refractivity (Wildman–Crippen MR) is 89.0 cm³/mol. The number of aryl methyl sites for hydroxylation is 1. The van der Waals surface area contributed by atoms with Crippen molar-refractivity contribution in [1.29, 1.82) is 0 Å². The highest BCUT2D eigenvalue weighted by Gasteiger charge is 2.49. The van der Waals surface area contributed by atoms with Gasteiger partial charge in [-0.25, -0.2) is 0 Å². The monoisotopic (exact) mass is 294 g/mol. The molecule has 0 aliphatic heterocycles. The van der Waals surface area contributed by atoms with Crippen molar-refractivity contribution in [2.45, 2.75) is 43.9 Å². The highest BCUT2D eigenvalue weighted by atomic mass is 35.5. The molecule has 1 spiro atoms. The van der Waals surface area contributed by atoms with Crippen LogP contribution in [0.25, 0.3) is 10.8 Å². The second kappa shape index (κ2) is 4.14. The van der Waals surface area contributed by atoms with Gasteiger partial charge in [0, 0.05) is 10.4 Å². The zero-order valence-corrected chi connectivity index (χ0v) is 12.9. The second-order valence-electron chi connectivity index (χ2n) is 7.19. The number of hydrogen-bond acceptors (Lipinski definition) is 0. The molecule has 0 N–H and O–H groups in total. The second-order valence-corrected chi connectivity index (χ2v) is 7.62. The third-order valence-electron chi connectivity index (χ3n) is 6.15. The molecule has 0 aromatic heterocycles. The van der Waals surface area contributed by atoms with Gasteiger partial charge in [-0.05, 0) is 78.5 Å². The van der Waals surface area contributed by atoms with Crippen LogP contribution < -0.4 is 0 Å². The first-order valence-electron chi connectivity index (χ1n) is 8.15. The summed E-state index contributed by atoms with van der Waals surface area (Å²) in [6.45, 7) is 0. The van der Waals surface area contributed by atoms with E-state index in [0.29, 0.717) is 5.41 Å². The molecule has 0 amide bonds. The maximum Gasteiger partial charge on any atom is 0.0412 e. The topological polar surface area (TPSA) is 0 Å². The maximum absolute atomic E-state index is 6.17. The van der Waals surface area contributed by atoms with E-state index in [9.17, 15) is 0 Å².